The summed E-state index contributed by atoms with van der Waals surface area (Å²) in [6, 6.07) is 4.69. The molecule has 1 aromatic carbocycles. The third-order valence-electron chi connectivity index (χ3n) is 3.45. The van der Waals surface area contributed by atoms with Gasteiger partial charge in [0.2, 0.25) is 0 Å². The van der Waals surface area contributed by atoms with Crippen LogP contribution < -0.4 is 0 Å². The Morgan fingerprint density at radius 3 is 2.82 bits per heavy atom. The molecule has 3 N–H and O–H groups in total. The first kappa shape index (κ1) is 15.9. The maximum Gasteiger partial charge on any atom is 0.335 e. The van der Waals surface area contributed by atoms with Gasteiger partial charge >= 0.3 is 5.97 Å². The highest BCUT2D eigenvalue weighted by Crippen LogP contribution is 2.25. The molecule has 1 atom stereocenters. The SMILES string of the molecule is CCCC(O)c1cc(C(=O)O)ccc1Cc1ncc(C=O)[nH]1. The van der Waals surface area contributed by atoms with Gasteiger partial charge in [-0.25, -0.2) is 9.78 Å². The molecule has 1 heterocycles. The van der Waals surface area contributed by atoms with Gasteiger partial charge in [-0.1, -0.05) is 19.4 Å². The number of nitrogens with zero attached hydrogens (tertiary/aromatic N) is 1. The number of carbonyl (C=O) groups is 2. The number of H-pyrrole nitrogens is 1. The standard InChI is InChI=1S/C16H18N2O4/c1-2-3-14(20)13-6-11(16(21)22)5-4-10(13)7-15-17-8-12(9-19)18-15/h4-6,8-9,14,20H,2-3,7H2,1H3,(H,17,18)(H,21,22). The largest absolute Gasteiger partial charge is 0.478 e. The lowest BCUT2D eigenvalue weighted by atomic mass is 9.95. The predicted octanol–water partition coefficient (Wildman–Crippen LogP) is 2.34. The van der Waals surface area contributed by atoms with Crippen molar-refractivity contribution in [2.24, 2.45) is 0 Å². The third kappa shape index (κ3) is 3.59. The number of carboxylic acid groups (broad SMARTS) is 1. The number of aliphatic hydroxyl groups is 1. The van der Waals surface area contributed by atoms with Gasteiger partial charge in [0.05, 0.1) is 23.6 Å². The fourth-order valence-corrected chi connectivity index (χ4v) is 2.34. The Morgan fingerprint density at radius 1 is 1.45 bits per heavy atom. The lowest BCUT2D eigenvalue weighted by Crippen LogP contribution is -2.07. The minimum absolute atomic E-state index is 0.141. The van der Waals surface area contributed by atoms with E-state index in [4.69, 9.17) is 5.11 Å². The van der Waals surface area contributed by atoms with Gasteiger partial charge in [-0.05, 0) is 29.7 Å². The van der Waals surface area contributed by atoms with Gasteiger partial charge in [0.15, 0.2) is 6.29 Å². The Balaban J connectivity index is 2.35. The quantitative estimate of drug-likeness (QED) is 0.681. The molecule has 0 saturated carbocycles. The first-order valence-electron chi connectivity index (χ1n) is 7.08. The van der Waals surface area contributed by atoms with E-state index in [1.54, 1.807) is 6.07 Å². The van der Waals surface area contributed by atoms with Gasteiger partial charge in [0.1, 0.15) is 5.82 Å². The molecule has 0 saturated heterocycles. The lowest BCUT2D eigenvalue weighted by Gasteiger charge is -2.15. The fraction of sp³-hybridized carbons (Fsp3) is 0.312. The van der Waals surface area contributed by atoms with Crippen LogP contribution in [0.3, 0.4) is 0 Å². The molecule has 0 bridgehead atoms. The van der Waals surface area contributed by atoms with Crippen LogP contribution in [0.15, 0.2) is 24.4 Å². The zero-order valence-electron chi connectivity index (χ0n) is 12.2. The Kier molecular flexibility index (Phi) is 5.06. The molecule has 6 heteroatoms. The van der Waals surface area contributed by atoms with Crippen LogP contribution in [-0.4, -0.2) is 32.4 Å². The van der Waals surface area contributed by atoms with Crippen LogP contribution in [0.1, 0.15) is 63.7 Å². The minimum Gasteiger partial charge on any atom is -0.478 e. The number of aromatic carboxylic acids is 1. The summed E-state index contributed by atoms with van der Waals surface area (Å²) in [7, 11) is 0. The van der Waals surface area contributed by atoms with E-state index < -0.39 is 12.1 Å². The molecule has 0 amide bonds. The first-order valence-corrected chi connectivity index (χ1v) is 7.08. The zero-order valence-corrected chi connectivity index (χ0v) is 12.2. The molecule has 1 unspecified atom stereocenters. The van der Waals surface area contributed by atoms with Crippen LogP contribution >= 0.6 is 0 Å². The normalized spacial score (nSPS) is 12.1. The lowest BCUT2D eigenvalue weighted by molar-refractivity contribution is 0.0696. The third-order valence-corrected chi connectivity index (χ3v) is 3.45. The summed E-state index contributed by atoms with van der Waals surface area (Å²) >= 11 is 0. The molecule has 0 aliphatic heterocycles. The highest BCUT2D eigenvalue weighted by molar-refractivity contribution is 5.88. The molecule has 2 aromatic rings. The van der Waals surface area contributed by atoms with Crippen LogP contribution in [0.25, 0.3) is 0 Å². The van der Waals surface area contributed by atoms with Crippen molar-refractivity contribution in [1.29, 1.82) is 0 Å². The molecule has 1 aromatic heterocycles. The van der Waals surface area contributed by atoms with Crippen molar-refractivity contribution in [2.75, 3.05) is 0 Å². The number of aromatic nitrogens is 2. The number of aromatic amines is 1. The topological polar surface area (TPSA) is 103 Å². The fourth-order valence-electron chi connectivity index (χ4n) is 2.34. The molecule has 0 radical (unpaired) electrons. The number of hydrogen-bond acceptors (Lipinski definition) is 4. The summed E-state index contributed by atoms with van der Waals surface area (Å²) in [6.07, 6.45) is 3.12. The molecule has 22 heavy (non-hydrogen) atoms. The van der Waals surface area contributed by atoms with Crippen LogP contribution in [-0.2, 0) is 6.42 Å². The Bertz CT molecular complexity index is 679. The van der Waals surface area contributed by atoms with Crippen molar-refractivity contribution in [1.82, 2.24) is 9.97 Å². The van der Waals surface area contributed by atoms with Crippen molar-refractivity contribution in [3.8, 4) is 0 Å². The Morgan fingerprint density at radius 2 is 2.23 bits per heavy atom. The maximum absolute atomic E-state index is 11.1. The molecular weight excluding hydrogens is 284 g/mol. The first-order chi connectivity index (χ1) is 10.5. The molecule has 0 fully saturated rings. The highest BCUT2D eigenvalue weighted by Gasteiger charge is 2.16. The van der Waals surface area contributed by atoms with Crippen LogP contribution in [0.5, 0.6) is 0 Å². The van der Waals surface area contributed by atoms with Crippen LogP contribution in [0.2, 0.25) is 0 Å². The number of aldehydes is 1. The number of hydrogen-bond donors (Lipinski definition) is 3. The van der Waals surface area contributed by atoms with Gasteiger partial charge in [-0.2, -0.15) is 0 Å². The van der Waals surface area contributed by atoms with Crippen molar-refractivity contribution >= 4 is 12.3 Å². The van der Waals surface area contributed by atoms with E-state index in [0.29, 0.717) is 36.2 Å². The number of nitrogens with one attached hydrogen (secondary N) is 1. The van der Waals surface area contributed by atoms with E-state index in [-0.39, 0.29) is 5.56 Å². The van der Waals surface area contributed by atoms with E-state index in [2.05, 4.69) is 9.97 Å². The number of aliphatic hydroxyl groups excluding tert-OH is 1. The molecule has 0 spiro atoms. The van der Waals surface area contributed by atoms with E-state index in [0.717, 1.165) is 12.0 Å². The number of carboxylic acids is 1. The van der Waals surface area contributed by atoms with Crippen molar-refractivity contribution < 1.29 is 19.8 Å². The van der Waals surface area contributed by atoms with Crippen molar-refractivity contribution in [3.63, 3.8) is 0 Å². The number of benzene rings is 1. The Hall–Kier alpha value is -2.47. The van der Waals surface area contributed by atoms with Gasteiger partial charge in [0, 0.05) is 6.42 Å². The molecule has 116 valence electrons. The Labute approximate surface area is 127 Å². The number of carbonyl (C=O) groups excluding carboxylic acids is 1. The monoisotopic (exact) mass is 302 g/mol. The summed E-state index contributed by atoms with van der Waals surface area (Å²) in [5.74, 6) is -0.437. The average Bonchev–Trinajstić information content (AvgIpc) is 2.95. The van der Waals surface area contributed by atoms with E-state index in [1.807, 2.05) is 6.92 Å². The zero-order chi connectivity index (χ0) is 16.1. The molecule has 0 aliphatic rings. The molecular formula is C16H18N2O4. The van der Waals surface area contributed by atoms with Gasteiger partial charge < -0.3 is 15.2 Å². The summed E-state index contributed by atoms with van der Waals surface area (Å²) in [4.78, 5) is 28.8. The van der Waals surface area contributed by atoms with Crippen LogP contribution in [0.4, 0.5) is 0 Å². The van der Waals surface area contributed by atoms with Crippen molar-refractivity contribution in [2.45, 2.75) is 32.3 Å². The summed E-state index contributed by atoms with van der Waals surface area (Å²) < 4.78 is 0. The van der Waals surface area contributed by atoms with E-state index >= 15 is 0 Å². The maximum atomic E-state index is 11.1. The van der Waals surface area contributed by atoms with E-state index in [9.17, 15) is 14.7 Å². The molecule has 0 aliphatic carbocycles. The van der Waals surface area contributed by atoms with Gasteiger partial charge in [-0.15, -0.1) is 0 Å². The second-order valence-electron chi connectivity index (χ2n) is 5.10. The predicted molar refractivity (Wildman–Crippen MR) is 80.1 cm³/mol. The highest BCUT2D eigenvalue weighted by atomic mass is 16.4. The average molecular weight is 302 g/mol. The van der Waals surface area contributed by atoms with E-state index in [1.165, 1.54) is 18.3 Å². The number of rotatable bonds is 7. The smallest absolute Gasteiger partial charge is 0.335 e. The van der Waals surface area contributed by atoms with Crippen molar-refractivity contribution in [3.05, 3.63) is 52.6 Å². The summed E-state index contributed by atoms with van der Waals surface area (Å²) in [5, 5.41) is 19.4. The second-order valence-corrected chi connectivity index (χ2v) is 5.10. The number of imidazole rings is 1. The molecule has 6 nitrogen and oxygen atoms in total. The minimum atomic E-state index is -1.03. The molecule has 2 rings (SSSR count). The van der Waals surface area contributed by atoms with Crippen LogP contribution in [0, 0.1) is 0 Å². The summed E-state index contributed by atoms with van der Waals surface area (Å²) in [5.41, 5.74) is 1.90. The second kappa shape index (κ2) is 7.00. The van der Waals surface area contributed by atoms with Gasteiger partial charge in [0.25, 0.3) is 0 Å². The van der Waals surface area contributed by atoms with Gasteiger partial charge in [-0.3, -0.25) is 4.79 Å². The summed E-state index contributed by atoms with van der Waals surface area (Å²) in [6.45, 7) is 1.95.